The molecule has 0 aromatic rings. The van der Waals surface area contributed by atoms with Crippen molar-refractivity contribution < 1.29 is 18.7 Å². The normalized spacial score (nSPS) is 14.5. The van der Waals surface area contributed by atoms with Gasteiger partial charge in [0.05, 0.1) is 12.7 Å². The fraction of sp³-hybridized carbons (Fsp3) is 0.250. The Morgan fingerprint density at radius 1 is 1.62 bits per heavy atom. The molecule has 1 heterocycles. The van der Waals surface area contributed by atoms with Gasteiger partial charge in [0.25, 0.3) is 0 Å². The average molecular weight is 122 g/mol. The van der Waals surface area contributed by atoms with E-state index in [-0.39, 0.29) is 5.97 Å². The Hall–Kier alpha value is -0.930. The maximum atomic E-state index is 9.96. The number of hydrogen-bond acceptors (Lipinski definition) is 2. The van der Waals surface area contributed by atoms with Gasteiger partial charge in [-0.15, -0.1) is 0 Å². The van der Waals surface area contributed by atoms with E-state index in [0.29, 0.717) is 6.42 Å². The Kier molecular flexibility index (Phi) is 3.74. The van der Waals surface area contributed by atoms with Crippen LogP contribution in [0.1, 0.15) is 6.42 Å². The highest BCUT2D eigenvalue weighted by atomic mass is 20.0. The highest BCUT2D eigenvalue weighted by molar-refractivity contribution is 5.73. The monoisotopic (exact) mass is 122 g/mol. The molecule has 0 atom stereocenters. The van der Waals surface area contributed by atoms with E-state index in [1.807, 2.05) is 0 Å². The first-order chi connectivity index (χ1) is 3.89. The lowest BCUT2D eigenvalue weighted by Crippen LogP contribution is -1.87. The van der Waals surface area contributed by atoms with Crippen molar-refractivity contribution in [2.24, 2.45) is 0 Å². The summed E-state index contributed by atoms with van der Waals surface area (Å²) in [5.74, 6) is -0.157. The number of hydrogen-bond donors (Lipinski definition) is 0. The molecule has 0 aliphatic carbocycles. The van der Waals surface area contributed by atoms with Crippen molar-refractivity contribution in [3.05, 3.63) is 12.3 Å². The summed E-state index contributed by atoms with van der Waals surface area (Å²) in [5, 5.41) is 0. The quantitative estimate of drug-likeness (QED) is 0.452. The van der Waals surface area contributed by atoms with Crippen LogP contribution < -0.4 is 0 Å². The topological polar surface area (TPSA) is 26.3 Å². The SMILES string of the molecule is FF.O=C1CC=CO1. The summed E-state index contributed by atoms with van der Waals surface area (Å²) in [4.78, 5) is 9.96. The van der Waals surface area contributed by atoms with Crippen molar-refractivity contribution in [1.29, 1.82) is 0 Å². The number of rotatable bonds is 0. The molecular formula is C4H4F2O2. The van der Waals surface area contributed by atoms with Crippen LogP contribution in [0.3, 0.4) is 0 Å². The van der Waals surface area contributed by atoms with Crippen molar-refractivity contribution in [3.8, 4) is 0 Å². The zero-order valence-electron chi connectivity index (χ0n) is 3.93. The molecule has 1 rings (SSSR count). The molecule has 0 saturated carbocycles. The minimum Gasteiger partial charge on any atom is -0.435 e. The second-order valence-corrected chi connectivity index (χ2v) is 1.07. The zero-order chi connectivity index (χ0) is 6.41. The molecule has 0 unspecified atom stereocenters. The van der Waals surface area contributed by atoms with Gasteiger partial charge in [0, 0.05) is 9.15 Å². The van der Waals surface area contributed by atoms with Crippen molar-refractivity contribution in [3.63, 3.8) is 0 Å². The summed E-state index contributed by atoms with van der Waals surface area (Å²) in [6.07, 6.45) is 3.53. The zero-order valence-corrected chi connectivity index (χ0v) is 3.93. The summed E-state index contributed by atoms with van der Waals surface area (Å²) in [6, 6.07) is 0. The van der Waals surface area contributed by atoms with Gasteiger partial charge in [0.2, 0.25) is 0 Å². The van der Waals surface area contributed by atoms with Crippen molar-refractivity contribution >= 4 is 5.97 Å². The van der Waals surface area contributed by atoms with Crippen LogP contribution in [0, 0.1) is 0 Å². The maximum Gasteiger partial charge on any atom is 0.314 e. The number of carbonyl (C=O) groups is 1. The molecule has 0 radical (unpaired) electrons. The summed E-state index contributed by atoms with van der Waals surface area (Å²) in [7, 11) is 0. The van der Waals surface area contributed by atoms with E-state index in [9.17, 15) is 4.79 Å². The van der Waals surface area contributed by atoms with Crippen molar-refractivity contribution in [1.82, 2.24) is 0 Å². The molecule has 0 N–H and O–H groups in total. The van der Waals surface area contributed by atoms with E-state index in [1.165, 1.54) is 6.26 Å². The van der Waals surface area contributed by atoms with Crippen LogP contribution in [0.25, 0.3) is 0 Å². The molecule has 0 bridgehead atoms. The largest absolute Gasteiger partial charge is 0.435 e. The van der Waals surface area contributed by atoms with E-state index in [4.69, 9.17) is 9.15 Å². The van der Waals surface area contributed by atoms with Crippen LogP contribution in [-0.2, 0) is 9.53 Å². The second kappa shape index (κ2) is 4.23. The molecule has 0 fully saturated rings. The minimum atomic E-state index is -0.157. The summed E-state index contributed by atoms with van der Waals surface area (Å²) < 4.78 is 20.3. The number of carbonyl (C=O) groups excluding carboxylic acids is 1. The Labute approximate surface area is 44.6 Å². The highest BCUT2D eigenvalue weighted by Gasteiger charge is 2.00. The van der Waals surface area contributed by atoms with Gasteiger partial charge in [0.1, 0.15) is 0 Å². The third-order valence-electron chi connectivity index (χ3n) is 0.580. The first-order valence-electron chi connectivity index (χ1n) is 1.88. The molecule has 4 heteroatoms. The third-order valence-corrected chi connectivity index (χ3v) is 0.580. The Balaban J connectivity index is 0.000000222. The summed E-state index contributed by atoms with van der Waals surface area (Å²) >= 11 is 0. The smallest absolute Gasteiger partial charge is 0.314 e. The minimum absolute atomic E-state index is 0.157. The van der Waals surface area contributed by atoms with Gasteiger partial charge in [-0.25, -0.2) is 0 Å². The number of cyclic esters (lactones) is 1. The van der Waals surface area contributed by atoms with Crippen LogP contribution in [-0.4, -0.2) is 5.97 Å². The molecule has 46 valence electrons. The molecule has 0 aromatic heterocycles. The lowest BCUT2D eigenvalue weighted by molar-refractivity contribution is -0.135. The molecule has 0 aromatic carbocycles. The van der Waals surface area contributed by atoms with Gasteiger partial charge in [-0.05, 0) is 6.08 Å². The molecule has 2 nitrogen and oxygen atoms in total. The molecule has 0 spiro atoms. The number of halogens is 2. The van der Waals surface area contributed by atoms with E-state index in [2.05, 4.69) is 4.74 Å². The Morgan fingerprint density at radius 2 is 2.25 bits per heavy atom. The highest BCUT2D eigenvalue weighted by Crippen LogP contribution is 1.96. The van der Waals surface area contributed by atoms with E-state index >= 15 is 0 Å². The first-order valence-corrected chi connectivity index (χ1v) is 1.88. The van der Waals surface area contributed by atoms with Gasteiger partial charge in [-0.1, -0.05) is 0 Å². The van der Waals surface area contributed by atoms with Gasteiger partial charge in [-0.2, -0.15) is 0 Å². The standard InChI is InChI=1S/C4H4O2.F2/c5-4-2-1-3-6-4;1-2/h1,3H,2H2;. The van der Waals surface area contributed by atoms with Crippen LogP contribution in [0.5, 0.6) is 0 Å². The predicted molar refractivity (Wildman–Crippen MR) is 22.1 cm³/mol. The lowest BCUT2D eigenvalue weighted by atomic mass is 10.5. The molecule has 1 aliphatic rings. The maximum absolute atomic E-state index is 9.96. The van der Waals surface area contributed by atoms with Gasteiger partial charge >= 0.3 is 5.97 Å². The second-order valence-electron chi connectivity index (χ2n) is 1.07. The van der Waals surface area contributed by atoms with E-state index < -0.39 is 0 Å². The summed E-state index contributed by atoms with van der Waals surface area (Å²) in [6.45, 7) is 0. The Bertz CT molecular complexity index is 90.2. The lowest BCUT2D eigenvalue weighted by Gasteiger charge is -1.78. The summed E-state index contributed by atoms with van der Waals surface area (Å²) in [5.41, 5.74) is 0. The molecule has 0 saturated heterocycles. The molecule has 8 heavy (non-hydrogen) atoms. The van der Waals surface area contributed by atoms with Crippen LogP contribution >= 0.6 is 0 Å². The fourth-order valence-corrected chi connectivity index (χ4v) is 0.316. The van der Waals surface area contributed by atoms with Crippen LogP contribution in [0.4, 0.5) is 9.15 Å². The number of ether oxygens (including phenoxy) is 1. The van der Waals surface area contributed by atoms with Crippen LogP contribution in [0.15, 0.2) is 12.3 Å². The van der Waals surface area contributed by atoms with Crippen molar-refractivity contribution in [2.75, 3.05) is 0 Å². The van der Waals surface area contributed by atoms with Gasteiger partial charge in [-0.3, -0.25) is 4.79 Å². The van der Waals surface area contributed by atoms with Gasteiger partial charge in [0.15, 0.2) is 0 Å². The average Bonchev–Trinajstić information content (AvgIpc) is 2.24. The third kappa shape index (κ3) is 2.28. The van der Waals surface area contributed by atoms with E-state index in [1.54, 1.807) is 6.08 Å². The Morgan fingerprint density at radius 3 is 2.38 bits per heavy atom. The molecular weight excluding hydrogens is 118 g/mol. The fourth-order valence-electron chi connectivity index (χ4n) is 0.316. The first kappa shape index (κ1) is 7.07. The van der Waals surface area contributed by atoms with E-state index in [0.717, 1.165) is 0 Å². The van der Waals surface area contributed by atoms with Gasteiger partial charge < -0.3 is 4.74 Å². The predicted octanol–water partition coefficient (Wildman–Crippen LogP) is 1.29. The molecule has 1 aliphatic heterocycles. The molecule has 0 amide bonds. The van der Waals surface area contributed by atoms with Crippen molar-refractivity contribution in [2.45, 2.75) is 6.42 Å². The number of esters is 1. The van der Waals surface area contributed by atoms with Crippen LogP contribution in [0.2, 0.25) is 0 Å².